The molecule has 1 aromatic carbocycles. The lowest BCUT2D eigenvalue weighted by Crippen LogP contribution is -2.51. The second-order valence-corrected chi connectivity index (χ2v) is 7.88. The summed E-state index contributed by atoms with van der Waals surface area (Å²) < 4.78 is 53.6. The molecule has 9 heteroatoms. The van der Waals surface area contributed by atoms with Crippen LogP contribution in [0, 0.1) is 6.92 Å². The quantitative estimate of drug-likeness (QED) is 0.615. The van der Waals surface area contributed by atoms with E-state index in [0.717, 1.165) is 5.56 Å². The molecule has 5 nitrogen and oxygen atoms in total. The van der Waals surface area contributed by atoms with Crippen LogP contribution in [0.4, 0.5) is 13.2 Å². The molecule has 1 aliphatic heterocycles. The van der Waals surface area contributed by atoms with Crippen molar-refractivity contribution in [1.82, 2.24) is 10.0 Å². The van der Waals surface area contributed by atoms with E-state index in [1.807, 2.05) is 12.2 Å². The Balaban J connectivity index is 1.98. The Bertz CT molecular complexity index is 758. The first-order chi connectivity index (χ1) is 12.2. The van der Waals surface area contributed by atoms with Crippen LogP contribution in [0.5, 0.6) is 0 Å². The molecule has 0 bridgehead atoms. The molecule has 0 aromatic heterocycles. The minimum absolute atomic E-state index is 0.00127. The maximum Gasteiger partial charge on any atom is 0.408 e. The molecule has 26 heavy (non-hydrogen) atoms. The average molecular weight is 386 g/mol. The molecule has 2 amide bonds. The van der Waals surface area contributed by atoms with Gasteiger partial charge in [0.25, 0.3) is 11.8 Å². The molecule has 0 radical (unpaired) electrons. The van der Waals surface area contributed by atoms with Gasteiger partial charge in [0.1, 0.15) is 16.9 Å². The van der Waals surface area contributed by atoms with Crippen molar-refractivity contribution in [2.24, 2.45) is 0 Å². The van der Waals surface area contributed by atoms with Crippen LogP contribution in [0.25, 0.3) is 5.57 Å². The van der Waals surface area contributed by atoms with Crippen LogP contribution in [-0.2, 0) is 21.0 Å². The monoisotopic (exact) mass is 386 g/mol. The fourth-order valence-corrected chi connectivity index (χ4v) is 3.70. The molecule has 140 valence electrons. The van der Waals surface area contributed by atoms with E-state index in [0.29, 0.717) is 18.4 Å². The summed E-state index contributed by atoms with van der Waals surface area (Å²) in [4.78, 5) is 24.7. The second-order valence-electron chi connectivity index (χ2n) is 6.42. The van der Waals surface area contributed by atoms with Gasteiger partial charge < -0.3 is 9.87 Å². The summed E-state index contributed by atoms with van der Waals surface area (Å²) in [7, 11) is 0. The van der Waals surface area contributed by atoms with Crippen LogP contribution >= 0.6 is 0 Å². The second kappa shape index (κ2) is 6.96. The van der Waals surface area contributed by atoms with Crippen molar-refractivity contribution in [3.63, 3.8) is 0 Å². The Kier molecular flexibility index (Phi) is 5.03. The summed E-state index contributed by atoms with van der Waals surface area (Å²) in [6.07, 6.45) is -3.78. The molecule has 2 atom stereocenters. The SMILES string of the molecule is Cc1ccc(C2=C(C(=O)N[S+]([O-])C3CC3)C(=O)NC(C(F)(F)F)C2)cc1. The zero-order valence-corrected chi connectivity index (χ0v) is 14.7. The zero-order valence-electron chi connectivity index (χ0n) is 13.9. The van der Waals surface area contributed by atoms with Gasteiger partial charge in [0.05, 0.1) is 11.4 Å². The van der Waals surface area contributed by atoms with Crippen molar-refractivity contribution >= 4 is 28.7 Å². The van der Waals surface area contributed by atoms with Crippen molar-refractivity contribution in [3.8, 4) is 0 Å². The number of carbonyl (C=O) groups is 2. The van der Waals surface area contributed by atoms with E-state index in [2.05, 4.69) is 4.72 Å². The van der Waals surface area contributed by atoms with Gasteiger partial charge >= 0.3 is 6.18 Å². The van der Waals surface area contributed by atoms with E-state index in [1.165, 1.54) is 0 Å². The molecule has 2 aliphatic rings. The van der Waals surface area contributed by atoms with Crippen LogP contribution in [0.2, 0.25) is 0 Å². The number of hydrogen-bond donors (Lipinski definition) is 2. The van der Waals surface area contributed by atoms with Crippen molar-refractivity contribution in [3.05, 3.63) is 41.0 Å². The number of halogens is 3. The van der Waals surface area contributed by atoms with Crippen LogP contribution < -0.4 is 10.0 Å². The Labute approximate surface area is 151 Å². The summed E-state index contributed by atoms with van der Waals surface area (Å²) in [6.45, 7) is 1.82. The molecule has 1 aromatic rings. The lowest BCUT2D eigenvalue weighted by molar-refractivity contribution is -0.160. The molecular formula is C17H17F3N2O3S. The van der Waals surface area contributed by atoms with Gasteiger partial charge in [-0.05, 0) is 18.1 Å². The standard InChI is InChI=1S/C17H17F3N2O3S/c1-9-2-4-10(5-3-9)12-8-13(17(18,19)20)21-15(23)14(12)16(24)22-26(25)11-6-7-11/h2-5,11,13H,6-8H2,1H3,(H,21,23)(H,22,24). The number of amides is 2. The molecule has 2 N–H and O–H groups in total. The number of aryl methyl sites for hydroxylation is 1. The van der Waals surface area contributed by atoms with Gasteiger partial charge in [0.2, 0.25) is 0 Å². The van der Waals surface area contributed by atoms with Crippen molar-refractivity contribution in [1.29, 1.82) is 0 Å². The molecule has 2 unspecified atom stereocenters. The summed E-state index contributed by atoms with van der Waals surface area (Å²) in [5, 5.41) is 1.68. The first-order valence-corrected chi connectivity index (χ1v) is 9.27. The Hall–Kier alpha value is -2.00. The third kappa shape index (κ3) is 4.04. The van der Waals surface area contributed by atoms with Gasteiger partial charge in [-0.1, -0.05) is 29.8 Å². The lowest BCUT2D eigenvalue weighted by atomic mass is 9.89. The number of carbonyl (C=O) groups excluding carboxylic acids is 2. The highest BCUT2D eigenvalue weighted by molar-refractivity contribution is 7.91. The van der Waals surface area contributed by atoms with E-state index >= 15 is 0 Å². The van der Waals surface area contributed by atoms with Crippen molar-refractivity contribution in [2.75, 3.05) is 0 Å². The van der Waals surface area contributed by atoms with Gasteiger partial charge in [0, 0.05) is 19.3 Å². The van der Waals surface area contributed by atoms with Crippen LogP contribution in [0.1, 0.15) is 30.4 Å². The topological polar surface area (TPSA) is 81.3 Å². The Morgan fingerprint density at radius 2 is 1.88 bits per heavy atom. The summed E-state index contributed by atoms with van der Waals surface area (Å²) in [6, 6.07) is 4.45. The lowest BCUT2D eigenvalue weighted by Gasteiger charge is -2.29. The molecule has 0 saturated heterocycles. The van der Waals surface area contributed by atoms with Gasteiger partial charge in [0.15, 0.2) is 0 Å². The number of hydrogen-bond acceptors (Lipinski definition) is 3. The number of benzene rings is 1. The average Bonchev–Trinajstić information content (AvgIpc) is 3.38. The van der Waals surface area contributed by atoms with Crippen LogP contribution in [-0.4, -0.2) is 33.8 Å². The highest BCUT2D eigenvalue weighted by Crippen LogP contribution is 2.35. The molecule has 1 saturated carbocycles. The normalized spacial score (nSPS) is 22.0. The molecular weight excluding hydrogens is 369 g/mol. The van der Waals surface area contributed by atoms with Gasteiger partial charge in [-0.2, -0.15) is 17.9 Å². The van der Waals surface area contributed by atoms with E-state index in [-0.39, 0.29) is 10.8 Å². The smallest absolute Gasteiger partial charge is 0.408 e. The molecule has 1 fully saturated rings. The molecule has 1 heterocycles. The summed E-state index contributed by atoms with van der Waals surface area (Å²) in [5.74, 6) is -2.02. The fraction of sp³-hybridized carbons (Fsp3) is 0.412. The highest BCUT2D eigenvalue weighted by atomic mass is 32.2. The van der Waals surface area contributed by atoms with Crippen molar-refractivity contribution < 1.29 is 27.3 Å². The fourth-order valence-electron chi connectivity index (χ4n) is 2.69. The molecule has 1 aliphatic carbocycles. The summed E-state index contributed by atoms with van der Waals surface area (Å²) >= 11 is -1.64. The van der Waals surface area contributed by atoms with E-state index in [9.17, 15) is 27.3 Å². The Morgan fingerprint density at radius 1 is 1.27 bits per heavy atom. The van der Waals surface area contributed by atoms with Crippen LogP contribution in [0.3, 0.4) is 0 Å². The van der Waals surface area contributed by atoms with Gasteiger partial charge in [-0.15, -0.1) is 0 Å². The first-order valence-electron chi connectivity index (χ1n) is 8.06. The maximum atomic E-state index is 13.1. The minimum Gasteiger partial charge on any atom is -0.593 e. The van der Waals surface area contributed by atoms with E-state index < -0.39 is 47.4 Å². The predicted octanol–water partition coefficient (Wildman–Crippen LogP) is 2.14. The number of rotatable bonds is 4. The van der Waals surface area contributed by atoms with E-state index in [1.54, 1.807) is 24.3 Å². The highest BCUT2D eigenvalue weighted by Gasteiger charge is 2.46. The predicted molar refractivity (Wildman–Crippen MR) is 90.0 cm³/mol. The van der Waals surface area contributed by atoms with E-state index in [4.69, 9.17) is 0 Å². The first kappa shape index (κ1) is 18.8. The Morgan fingerprint density at radius 3 is 2.42 bits per heavy atom. The number of alkyl halides is 3. The van der Waals surface area contributed by atoms with Crippen molar-refractivity contribution in [2.45, 2.75) is 43.7 Å². The summed E-state index contributed by atoms with van der Waals surface area (Å²) in [5.41, 5.74) is 0.842. The zero-order chi connectivity index (χ0) is 19.1. The van der Waals surface area contributed by atoms with Gasteiger partial charge in [-0.25, -0.2) is 0 Å². The third-order valence-electron chi connectivity index (χ3n) is 4.29. The minimum atomic E-state index is -4.63. The molecule has 3 rings (SSSR count). The largest absolute Gasteiger partial charge is 0.593 e. The maximum absolute atomic E-state index is 13.1. The van der Waals surface area contributed by atoms with Gasteiger partial charge in [-0.3, -0.25) is 9.59 Å². The number of nitrogens with one attached hydrogen (secondary N) is 2. The third-order valence-corrected chi connectivity index (χ3v) is 5.75. The van der Waals surface area contributed by atoms with Crippen LogP contribution in [0.15, 0.2) is 29.8 Å². The molecule has 0 spiro atoms.